The summed E-state index contributed by atoms with van der Waals surface area (Å²) in [5.74, 6) is 0.0700. The molecule has 1 aromatic rings. The van der Waals surface area contributed by atoms with Crippen molar-refractivity contribution >= 4 is 5.91 Å². The molecule has 0 bridgehead atoms. The Bertz CT molecular complexity index is 454. The summed E-state index contributed by atoms with van der Waals surface area (Å²) in [6, 6.07) is 4.94. The van der Waals surface area contributed by atoms with Gasteiger partial charge in [0, 0.05) is 13.6 Å². The van der Waals surface area contributed by atoms with Gasteiger partial charge in [0.05, 0.1) is 11.7 Å². The van der Waals surface area contributed by atoms with Gasteiger partial charge in [0.2, 0.25) is 0 Å². The summed E-state index contributed by atoms with van der Waals surface area (Å²) < 4.78 is 0. The van der Waals surface area contributed by atoms with E-state index in [9.17, 15) is 15.0 Å². The Morgan fingerprint density at radius 3 is 2.78 bits per heavy atom. The van der Waals surface area contributed by atoms with E-state index in [1.807, 2.05) is 6.92 Å². The van der Waals surface area contributed by atoms with Gasteiger partial charge >= 0.3 is 0 Å². The Morgan fingerprint density at radius 1 is 1.50 bits per heavy atom. The first-order valence-electron chi connectivity index (χ1n) is 6.22. The van der Waals surface area contributed by atoms with Crippen LogP contribution in [-0.2, 0) is 0 Å². The summed E-state index contributed by atoms with van der Waals surface area (Å²) in [6.45, 7) is 2.19. The molecule has 0 aromatic heterocycles. The second-order valence-corrected chi connectivity index (χ2v) is 5.11. The molecule has 18 heavy (non-hydrogen) atoms. The van der Waals surface area contributed by atoms with Crippen molar-refractivity contribution in [3.05, 3.63) is 29.3 Å². The van der Waals surface area contributed by atoms with Gasteiger partial charge in [-0.05, 0) is 37.8 Å². The second-order valence-electron chi connectivity index (χ2n) is 5.11. The highest BCUT2D eigenvalue weighted by atomic mass is 16.3. The maximum Gasteiger partial charge on any atom is 0.257 e. The molecular weight excluding hydrogens is 230 g/mol. The van der Waals surface area contributed by atoms with Crippen LogP contribution in [0.15, 0.2) is 18.2 Å². The van der Waals surface area contributed by atoms with Crippen LogP contribution in [0.1, 0.15) is 28.8 Å². The lowest BCUT2D eigenvalue weighted by atomic mass is 10.1. The van der Waals surface area contributed by atoms with Gasteiger partial charge in [0.25, 0.3) is 5.91 Å². The van der Waals surface area contributed by atoms with Crippen molar-refractivity contribution in [2.75, 3.05) is 13.6 Å². The predicted molar refractivity (Wildman–Crippen MR) is 68.5 cm³/mol. The number of rotatable bonds is 4. The molecule has 2 N–H and O–H groups in total. The van der Waals surface area contributed by atoms with E-state index in [1.54, 1.807) is 19.2 Å². The smallest absolute Gasteiger partial charge is 0.257 e. The maximum atomic E-state index is 12.2. The molecule has 1 saturated carbocycles. The second kappa shape index (κ2) is 4.98. The Balaban J connectivity index is 2.07. The van der Waals surface area contributed by atoms with Gasteiger partial charge in [0.1, 0.15) is 5.75 Å². The van der Waals surface area contributed by atoms with Crippen molar-refractivity contribution in [1.29, 1.82) is 0 Å². The van der Waals surface area contributed by atoms with Crippen LogP contribution in [-0.4, -0.2) is 40.7 Å². The summed E-state index contributed by atoms with van der Waals surface area (Å²) in [5, 5.41) is 19.5. The van der Waals surface area contributed by atoms with Crippen LogP contribution in [0.4, 0.5) is 0 Å². The van der Waals surface area contributed by atoms with Crippen LogP contribution in [0.3, 0.4) is 0 Å². The summed E-state index contributed by atoms with van der Waals surface area (Å²) in [5.41, 5.74) is 1.22. The monoisotopic (exact) mass is 249 g/mol. The van der Waals surface area contributed by atoms with E-state index >= 15 is 0 Å². The van der Waals surface area contributed by atoms with Gasteiger partial charge in [-0.15, -0.1) is 0 Å². The maximum absolute atomic E-state index is 12.2. The van der Waals surface area contributed by atoms with Crippen LogP contribution < -0.4 is 0 Å². The van der Waals surface area contributed by atoms with E-state index in [1.165, 1.54) is 11.0 Å². The van der Waals surface area contributed by atoms with E-state index in [4.69, 9.17) is 0 Å². The minimum Gasteiger partial charge on any atom is -0.507 e. The number of phenolic OH excluding ortho intramolecular Hbond substituents is 1. The number of amides is 1. The average molecular weight is 249 g/mol. The normalized spacial score (nSPS) is 16.4. The molecule has 0 aliphatic heterocycles. The van der Waals surface area contributed by atoms with E-state index in [2.05, 4.69) is 0 Å². The van der Waals surface area contributed by atoms with Crippen LogP contribution >= 0.6 is 0 Å². The zero-order chi connectivity index (χ0) is 13.3. The van der Waals surface area contributed by atoms with Crippen molar-refractivity contribution in [3.8, 4) is 5.75 Å². The number of nitrogens with zero attached hydrogens (tertiary/aromatic N) is 1. The lowest BCUT2D eigenvalue weighted by Gasteiger charge is -2.21. The Morgan fingerprint density at radius 2 is 2.17 bits per heavy atom. The molecule has 0 heterocycles. The van der Waals surface area contributed by atoms with Crippen LogP contribution in [0.25, 0.3) is 0 Å². The third-order valence-electron chi connectivity index (χ3n) is 3.36. The van der Waals surface area contributed by atoms with Crippen molar-refractivity contribution in [2.24, 2.45) is 5.92 Å². The molecule has 1 aromatic carbocycles. The van der Waals surface area contributed by atoms with Crippen molar-refractivity contribution < 1.29 is 15.0 Å². The van der Waals surface area contributed by atoms with Crippen LogP contribution in [0.5, 0.6) is 5.75 Å². The number of aryl methyl sites for hydroxylation is 1. The van der Waals surface area contributed by atoms with Crippen molar-refractivity contribution in [2.45, 2.75) is 25.9 Å². The molecule has 0 saturated heterocycles. The van der Waals surface area contributed by atoms with E-state index in [0.29, 0.717) is 18.0 Å². The van der Waals surface area contributed by atoms with E-state index in [0.717, 1.165) is 18.4 Å². The van der Waals surface area contributed by atoms with E-state index < -0.39 is 6.10 Å². The number of benzene rings is 1. The lowest BCUT2D eigenvalue weighted by molar-refractivity contribution is 0.0642. The molecule has 1 aliphatic rings. The lowest BCUT2D eigenvalue weighted by Crippen LogP contribution is -2.35. The number of aliphatic hydroxyl groups is 1. The van der Waals surface area contributed by atoms with Gasteiger partial charge in [-0.3, -0.25) is 4.79 Å². The zero-order valence-corrected chi connectivity index (χ0v) is 10.8. The topological polar surface area (TPSA) is 60.8 Å². The highest BCUT2D eigenvalue weighted by molar-refractivity contribution is 5.96. The molecule has 98 valence electrons. The predicted octanol–water partition coefficient (Wildman–Crippen LogP) is 1.54. The van der Waals surface area contributed by atoms with Crippen LogP contribution in [0.2, 0.25) is 0 Å². The number of carbonyl (C=O) groups excluding carboxylic acids is 1. The molecular formula is C14H19NO3. The number of hydrogen-bond donors (Lipinski definition) is 2. The summed E-state index contributed by atoms with van der Waals surface area (Å²) in [7, 11) is 1.65. The first-order valence-corrected chi connectivity index (χ1v) is 6.22. The standard InChI is InChI=1S/C14H19NO3/c1-9-3-6-12(16)11(7-9)14(18)15(2)8-13(17)10-4-5-10/h3,6-7,10,13,16-17H,4-5,8H2,1-2H3. The number of likely N-dealkylation sites (N-methyl/N-ethyl adjacent to an activating group) is 1. The summed E-state index contributed by atoms with van der Waals surface area (Å²) in [6.07, 6.45) is 1.63. The number of phenols is 1. The average Bonchev–Trinajstić information content (AvgIpc) is 3.15. The molecule has 1 aliphatic carbocycles. The number of aliphatic hydroxyl groups excluding tert-OH is 1. The van der Waals surface area contributed by atoms with E-state index in [-0.39, 0.29) is 11.7 Å². The minimum absolute atomic E-state index is 0.0154. The van der Waals surface area contributed by atoms with Gasteiger partial charge in [-0.2, -0.15) is 0 Å². The van der Waals surface area contributed by atoms with Crippen molar-refractivity contribution in [1.82, 2.24) is 4.90 Å². The number of hydrogen-bond acceptors (Lipinski definition) is 3. The van der Waals surface area contributed by atoms with Gasteiger partial charge < -0.3 is 15.1 Å². The molecule has 2 rings (SSSR count). The molecule has 1 fully saturated rings. The fraction of sp³-hybridized carbons (Fsp3) is 0.500. The third-order valence-corrected chi connectivity index (χ3v) is 3.36. The summed E-state index contributed by atoms with van der Waals surface area (Å²) in [4.78, 5) is 13.6. The first-order chi connectivity index (χ1) is 8.49. The zero-order valence-electron chi connectivity index (χ0n) is 10.8. The van der Waals surface area contributed by atoms with Gasteiger partial charge in [0.15, 0.2) is 0 Å². The van der Waals surface area contributed by atoms with Crippen LogP contribution in [0, 0.1) is 12.8 Å². The number of aromatic hydroxyl groups is 1. The molecule has 4 heteroatoms. The molecule has 1 amide bonds. The highest BCUT2D eigenvalue weighted by Gasteiger charge is 2.31. The SMILES string of the molecule is Cc1ccc(O)c(C(=O)N(C)CC(O)C2CC2)c1. The fourth-order valence-electron chi connectivity index (χ4n) is 2.02. The quantitative estimate of drug-likeness (QED) is 0.851. The van der Waals surface area contributed by atoms with Crippen molar-refractivity contribution in [3.63, 3.8) is 0 Å². The Kier molecular flexibility index (Phi) is 3.57. The minimum atomic E-state index is -0.453. The molecule has 1 unspecified atom stereocenters. The molecule has 0 radical (unpaired) electrons. The molecule has 4 nitrogen and oxygen atoms in total. The first kappa shape index (κ1) is 12.9. The fourth-order valence-corrected chi connectivity index (χ4v) is 2.02. The Hall–Kier alpha value is -1.55. The van der Waals surface area contributed by atoms with Gasteiger partial charge in [-0.25, -0.2) is 0 Å². The van der Waals surface area contributed by atoms with Gasteiger partial charge in [-0.1, -0.05) is 11.6 Å². The highest BCUT2D eigenvalue weighted by Crippen LogP contribution is 2.33. The number of carbonyl (C=O) groups is 1. The third kappa shape index (κ3) is 2.82. The summed E-state index contributed by atoms with van der Waals surface area (Å²) >= 11 is 0. The largest absolute Gasteiger partial charge is 0.507 e. The molecule has 1 atom stereocenters. The Labute approximate surface area is 107 Å². The molecule has 0 spiro atoms.